The van der Waals surface area contributed by atoms with E-state index in [-0.39, 0.29) is 0 Å². The number of aromatic nitrogens is 3. The van der Waals surface area contributed by atoms with E-state index in [2.05, 4.69) is 20.2 Å². The van der Waals surface area contributed by atoms with Gasteiger partial charge in [-0.1, -0.05) is 59.2 Å². The van der Waals surface area contributed by atoms with Crippen molar-refractivity contribution in [2.45, 2.75) is 6.04 Å². The fourth-order valence-electron chi connectivity index (χ4n) is 2.76. The molecular formula is C17H12ClN5O. The molecule has 24 heavy (non-hydrogen) atoms. The minimum Gasteiger partial charge on any atom is -0.411 e. The van der Waals surface area contributed by atoms with Crippen molar-refractivity contribution in [2.24, 2.45) is 10.1 Å². The zero-order chi connectivity index (χ0) is 16.5. The second-order valence-electron chi connectivity index (χ2n) is 5.27. The van der Waals surface area contributed by atoms with Crippen LogP contribution in [-0.4, -0.2) is 31.4 Å². The van der Waals surface area contributed by atoms with Gasteiger partial charge in [0.15, 0.2) is 0 Å². The summed E-state index contributed by atoms with van der Waals surface area (Å²) in [5, 5.41) is 18.1. The van der Waals surface area contributed by atoms with Crippen molar-refractivity contribution in [3.8, 4) is 0 Å². The molecule has 4 rings (SSSR count). The Labute approximate surface area is 142 Å². The van der Waals surface area contributed by atoms with Crippen LogP contribution in [0, 0.1) is 0 Å². The molecule has 2 heterocycles. The lowest BCUT2D eigenvalue weighted by molar-refractivity contribution is 0.316. The van der Waals surface area contributed by atoms with E-state index in [0.29, 0.717) is 22.4 Å². The van der Waals surface area contributed by atoms with Gasteiger partial charge in [0.2, 0.25) is 5.95 Å². The Bertz CT molecular complexity index is 931. The lowest BCUT2D eigenvalue weighted by atomic mass is 9.94. The summed E-state index contributed by atoms with van der Waals surface area (Å²) in [6, 6.07) is 16.4. The third kappa shape index (κ3) is 2.37. The lowest BCUT2D eigenvalue weighted by Gasteiger charge is -2.24. The van der Waals surface area contributed by atoms with Crippen molar-refractivity contribution in [3.63, 3.8) is 0 Å². The van der Waals surface area contributed by atoms with Gasteiger partial charge < -0.3 is 5.21 Å². The molecule has 0 saturated carbocycles. The molecule has 1 unspecified atom stereocenters. The molecule has 118 valence electrons. The van der Waals surface area contributed by atoms with Gasteiger partial charge in [-0.2, -0.15) is 10.1 Å². The van der Waals surface area contributed by atoms with Crippen LogP contribution in [0.1, 0.15) is 17.2 Å². The molecule has 0 amide bonds. The molecule has 0 bridgehead atoms. The van der Waals surface area contributed by atoms with Crippen LogP contribution < -0.4 is 0 Å². The number of halogens is 1. The Balaban J connectivity index is 1.91. The van der Waals surface area contributed by atoms with E-state index in [1.807, 2.05) is 42.5 Å². The van der Waals surface area contributed by atoms with Crippen molar-refractivity contribution < 1.29 is 5.21 Å². The number of oxime groups is 1. The van der Waals surface area contributed by atoms with Gasteiger partial charge in [-0.25, -0.2) is 9.67 Å². The number of hydrogen-bond acceptors (Lipinski definition) is 5. The fraction of sp³-hybridized carbons (Fsp3) is 0.0588. The van der Waals surface area contributed by atoms with Crippen molar-refractivity contribution in [3.05, 3.63) is 77.1 Å². The van der Waals surface area contributed by atoms with Crippen LogP contribution >= 0.6 is 11.6 Å². The number of nitrogens with zero attached hydrogens (tertiary/aromatic N) is 5. The smallest absolute Gasteiger partial charge is 0.249 e. The van der Waals surface area contributed by atoms with Gasteiger partial charge in [0.1, 0.15) is 23.8 Å². The average molecular weight is 338 g/mol. The van der Waals surface area contributed by atoms with E-state index < -0.39 is 6.04 Å². The predicted octanol–water partition coefficient (Wildman–Crippen LogP) is 3.49. The molecule has 1 N–H and O–H groups in total. The van der Waals surface area contributed by atoms with E-state index in [1.165, 1.54) is 6.33 Å². The molecule has 0 aliphatic carbocycles. The molecule has 0 spiro atoms. The predicted molar refractivity (Wildman–Crippen MR) is 91.5 cm³/mol. The summed E-state index contributed by atoms with van der Waals surface area (Å²) in [5.74, 6) is 0.459. The van der Waals surface area contributed by atoms with Crippen LogP contribution in [-0.2, 0) is 0 Å². The topological polar surface area (TPSA) is 75.7 Å². The second-order valence-corrected chi connectivity index (χ2v) is 5.71. The normalized spacial score (nSPS) is 18.3. The Morgan fingerprint density at radius 3 is 2.50 bits per heavy atom. The molecule has 0 saturated heterocycles. The number of benzene rings is 2. The van der Waals surface area contributed by atoms with Gasteiger partial charge in [-0.15, -0.1) is 0 Å². The highest BCUT2D eigenvalue weighted by Gasteiger charge is 2.33. The lowest BCUT2D eigenvalue weighted by Crippen LogP contribution is -2.32. The maximum absolute atomic E-state index is 9.69. The molecule has 6 nitrogen and oxygen atoms in total. The Hall–Kier alpha value is -2.99. The first-order valence-corrected chi connectivity index (χ1v) is 7.67. The van der Waals surface area contributed by atoms with Crippen LogP contribution in [0.15, 0.2) is 71.1 Å². The van der Waals surface area contributed by atoms with E-state index in [9.17, 15) is 5.21 Å². The van der Waals surface area contributed by atoms with Gasteiger partial charge in [0, 0.05) is 10.6 Å². The molecule has 1 aliphatic rings. The maximum Gasteiger partial charge on any atom is 0.249 e. The zero-order valence-electron chi connectivity index (χ0n) is 12.4. The first kappa shape index (κ1) is 14.6. The van der Waals surface area contributed by atoms with Crippen LogP contribution in [0.5, 0.6) is 0 Å². The highest BCUT2D eigenvalue weighted by atomic mass is 35.5. The largest absolute Gasteiger partial charge is 0.411 e. The summed E-state index contributed by atoms with van der Waals surface area (Å²) >= 11 is 5.99. The molecule has 1 aromatic heterocycles. The molecular weight excluding hydrogens is 326 g/mol. The third-order valence-corrected chi connectivity index (χ3v) is 4.10. The molecule has 3 aromatic rings. The van der Waals surface area contributed by atoms with Crippen LogP contribution in [0.2, 0.25) is 5.02 Å². The first-order chi connectivity index (χ1) is 11.8. The van der Waals surface area contributed by atoms with Crippen molar-refractivity contribution in [1.82, 2.24) is 14.8 Å². The summed E-state index contributed by atoms with van der Waals surface area (Å²) in [6.45, 7) is 0. The van der Waals surface area contributed by atoms with E-state index >= 15 is 0 Å². The van der Waals surface area contributed by atoms with Crippen LogP contribution in [0.25, 0.3) is 0 Å². The zero-order valence-corrected chi connectivity index (χ0v) is 13.2. The summed E-state index contributed by atoms with van der Waals surface area (Å²) < 4.78 is 1.63. The number of aliphatic imine (C=N–C) groups is 1. The number of fused-ring (bicyclic) bond motifs is 1. The van der Waals surface area contributed by atoms with Crippen molar-refractivity contribution >= 4 is 29.0 Å². The van der Waals surface area contributed by atoms with Gasteiger partial charge in [0.05, 0.1) is 0 Å². The second kappa shape index (κ2) is 5.90. The average Bonchev–Trinajstić information content (AvgIpc) is 3.10. The summed E-state index contributed by atoms with van der Waals surface area (Å²) in [6.07, 6.45) is 1.44. The summed E-state index contributed by atoms with van der Waals surface area (Å²) in [7, 11) is 0. The molecule has 1 aliphatic heterocycles. The van der Waals surface area contributed by atoms with Crippen molar-refractivity contribution in [1.29, 1.82) is 0 Å². The highest BCUT2D eigenvalue weighted by molar-refractivity contribution is 6.50. The minimum absolute atomic E-state index is 0.404. The highest BCUT2D eigenvalue weighted by Crippen LogP contribution is 2.31. The molecule has 0 fully saturated rings. The van der Waals surface area contributed by atoms with Crippen LogP contribution in [0.3, 0.4) is 0 Å². The van der Waals surface area contributed by atoms with Gasteiger partial charge in [-0.3, -0.25) is 0 Å². The summed E-state index contributed by atoms with van der Waals surface area (Å²) in [4.78, 5) is 8.71. The molecule has 1 atom stereocenters. The van der Waals surface area contributed by atoms with Crippen molar-refractivity contribution in [2.75, 3.05) is 0 Å². The maximum atomic E-state index is 9.69. The third-order valence-electron chi connectivity index (χ3n) is 3.85. The van der Waals surface area contributed by atoms with E-state index in [4.69, 9.17) is 11.6 Å². The minimum atomic E-state index is -0.433. The Morgan fingerprint density at radius 2 is 1.79 bits per heavy atom. The first-order valence-electron chi connectivity index (χ1n) is 7.29. The molecule has 0 radical (unpaired) electrons. The molecule has 2 aromatic carbocycles. The van der Waals surface area contributed by atoms with Crippen LogP contribution in [0.4, 0.5) is 5.95 Å². The van der Waals surface area contributed by atoms with E-state index in [0.717, 1.165) is 11.1 Å². The quantitative estimate of drug-likeness (QED) is 0.574. The number of hydrogen-bond donors (Lipinski definition) is 1. The summed E-state index contributed by atoms with van der Waals surface area (Å²) in [5.41, 5.74) is 2.70. The molecule has 7 heteroatoms. The standard InChI is InChI=1S/C17H12ClN5O/c18-13-8-6-12(7-9-13)16-15(22-24)14(11-4-2-1-3-5-11)21-17-19-10-20-23(16)17/h1-10,16,24H/b22-15-. The van der Waals surface area contributed by atoms with Gasteiger partial charge in [0.25, 0.3) is 0 Å². The number of rotatable bonds is 2. The van der Waals surface area contributed by atoms with E-state index in [1.54, 1.807) is 16.8 Å². The fourth-order valence-corrected chi connectivity index (χ4v) is 2.89. The monoisotopic (exact) mass is 337 g/mol. The SMILES string of the molecule is O/N=C1/C(c2ccccc2)=Nc2ncnn2C1c1ccc(Cl)cc1. The Kier molecular flexibility index (Phi) is 3.59. The van der Waals surface area contributed by atoms with Gasteiger partial charge in [-0.05, 0) is 17.7 Å². The van der Waals surface area contributed by atoms with Gasteiger partial charge >= 0.3 is 0 Å². The Morgan fingerprint density at radius 1 is 1.04 bits per heavy atom.